The Kier molecular flexibility index (Phi) is 10.9. The van der Waals surface area contributed by atoms with Gasteiger partial charge in [0.15, 0.2) is 0 Å². The number of hydrogen-bond acceptors (Lipinski definition) is 3. The fraction of sp³-hybridized carbons (Fsp3) is 1.00. The highest BCUT2D eigenvalue weighted by Gasteiger charge is 1.91. The topological polar surface area (TPSA) is 24.5 Å². The SMILES string of the molecule is CCCCCNOCCCCN(C)C. The van der Waals surface area contributed by atoms with Gasteiger partial charge in [-0.2, -0.15) is 0 Å². The van der Waals surface area contributed by atoms with Gasteiger partial charge in [-0.3, -0.25) is 0 Å². The van der Waals surface area contributed by atoms with Crippen LogP contribution in [0.2, 0.25) is 0 Å². The molecular formula is C11H26N2O. The molecule has 3 nitrogen and oxygen atoms in total. The van der Waals surface area contributed by atoms with Gasteiger partial charge in [-0.15, -0.1) is 0 Å². The normalized spacial score (nSPS) is 11.1. The van der Waals surface area contributed by atoms with E-state index in [-0.39, 0.29) is 0 Å². The number of unbranched alkanes of at least 4 members (excludes halogenated alkanes) is 3. The van der Waals surface area contributed by atoms with Gasteiger partial charge in [0.1, 0.15) is 0 Å². The number of hydroxylamine groups is 1. The number of hydrogen-bond donors (Lipinski definition) is 1. The van der Waals surface area contributed by atoms with Crippen molar-refractivity contribution >= 4 is 0 Å². The molecule has 1 N–H and O–H groups in total. The lowest BCUT2D eigenvalue weighted by Crippen LogP contribution is -2.18. The van der Waals surface area contributed by atoms with Crippen molar-refractivity contribution in [1.82, 2.24) is 10.4 Å². The molecule has 0 heterocycles. The average molecular weight is 202 g/mol. The summed E-state index contributed by atoms with van der Waals surface area (Å²) in [5.41, 5.74) is 2.99. The molecule has 0 aliphatic heterocycles. The van der Waals surface area contributed by atoms with Crippen molar-refractivity contribution in [3.8, 4) is 0 Å². The predicted octanol–water partition coefficient (Wildman–Crippen LogP) is 2.04. The Morgan fingerprint density at radius 3 is 2.50 bits per heavy atom. The minimum atomic E-state index is 0.833. The van der Waals surface area contributed by atoms with Crippen LogP contribution < -0.4 is 5.48 Å². The van der Waals surface area contributed by atoms with Crippen LogP contribution in [0.1, 0.15) is 39.0 Å². The van der Waals surface area contributed by atoms with E-state index < -0.39 is 0 Å². The van der Waals surface area contributed by atoms with Gasteiger partial charge in [-0.05, 0) is 39.9 Å². The van der Waals surface area contributed by atoms with Crippen molar-refractivity contribution in [3.63, 3.8) is 0 Å². The van der Waals surface area contributed by atoms with Crippen LogP contribution >= 0.6 is 0 Å². The van der Waals surface area contributed by atoms with Crippen LogP contribution in [-0.4, -0.2) is 38.7 Å². The third-order valence-electron chi connectivity index (χ3n) is 2.09. The van der Waals surface area contributed by atoms with Crippen LogP contribution in [0.15, 0.2) is 0 Å². The summed E-state index contributed by atoms with van der Waals surface area (Å²) in [5.74, 6) is 0. The van der Waals surface area contributed by atoms with Crippen LogP contribution in [0.3, 0.4) is 0 Å². The Bertz CT molecular complexity index is 107. The maximum Gasteiger partial charge on any atom is 0.0682 e. The zero-order valence-corrected chi connectivity index (χ0v) is 10.0. The van der Waals surface area contributed by atoms with Crippen molar-refractivity contribution in [2.24, 2.45) is 0 Å². The molecule has 0 saturated heterocycles. The Morgan fingerprint density at radius 1 is 1.07 bits per heavy atom. The highest BCUT2D eigenvalue weighted by molar-refractivity contribution is 4.44. The van der Waals surface area contributed by atoms with Crippen LogP contribution in [-0.2, 0) is 4.84 Å². The van der Waals surface area contributed by atoms with Gasteiger partial charge in [0.25, 0.3) is 0 Å². The lowest BCUT2D eigenvalue weighted by Gasteiger charge is -2.09. The highest BCUT2D eigenvalue weighted by Crippen LogP contribution is 1.92. The van der Waals surface area contributed by atoms with Gasteiger partial charge >= 0.3 is 0 Å². The molecule has 0 amide bonds. The van der Waals surface area contributed by atoms with E-state index >= 15 is 0 Å². The molecule has 0 fully saturated rings. The molecule has 0 unspecified atom stereocenters. The van der Waals surface area contributed by atoms with Crippen molar-refractivity contribution in [3.05, 3.63) is 0 Å². The number of rotatable bonds is 10. The third kappa shape index (κ3) is 11.9. The number of nitrogens with zero attached hydrogens (tertiary/aromatic N) is 1. The first-order chi connectivity index (χ1) is 6.77. The molecule has 0 bridgehead atoms. The van der Waals surface area contributed by atoms with E-state index in [9.17, 15) is 0 Å². The fourth-order valence-electron chi connectivity index (χ4n) is 1.19. The molecule has 0 saturated carbocycles. The minimum absolute atomic E-state index is 0.833. The summed E-state index contributed by atoms with van der Waals surface area (Å²) in [7, 11) is 4.20. The Balaban J connectivity index is 2.85. The molecular weight excluding hydrogens is 176 g/mol. The summed E-state index contributed by atoms with van der Waals surface area (Å²) in [6.07, 6.45) is 6.12. The monoisotopic (exact) mass is 202 g/mol. The Labute approximate surface area is 88.8 Å². The van der Waals surface area contributed by atoms with Crippen LogP contribution in [0.25, 0.3) is 0 Å². The van der Waals surface area contributed by atoms with E-state index in [0.717, 1.165) is 26.1 Å². The highest BCUT2D eigenvalue weighted by atomic mass is 16.6. The van der Waals surface area contributed by atoms with E-state index in [2.05, 4.69) is 31.4 Å². The summed E-state index contributed by atoms with van der Waals surface area (Å²) in [6, 6.07) is 0. The van der Waals surface area contributed by atoms with Gasteiger partial charge in [-0.25, -0.2) is 5.48 Å². The van der Waals surface area contributed by atoms with E-state index in [4.69, 9.17) is 4.84 Å². The second-order valence-electron chi connectivity index (χ2n) is 3.96. The first-order valence-corrected chi connectivity index (χ1v) is 5.76. The van der Waals surface area contributed by atoms with Crippen LogP contribution in [0.5, 0.6) is 0 Å². The first-order valence-electron chi connectivity index (χ1n) is 5.76. The van der Waals surface area contributed by atoms with Crippen molar-refractivity contribution in [1.29, 1.82) is 0 Å². The summed E-state index contributed by atoms with van der Waals surface area (Å²) < 4.78 is 0. The standard InChI is InChI=1S/C11H26N2O/c1-4-5-6-9-12-14-11-8-7-10-13(2)3/h12H,4-11H2,1-3H3. The van der Waals surface area contributed by atoms with E-state index in [1.165, 1.54) is 25.7 Å². The quantitative estimate of drug-likeness (QED) is 0.433. The largest absolute Gasteiger partial charge is 0.309 e. The smallest absolute Gasteiger partial charge is 0.0682 e. The molecule has 0 spiro atoms. The van der Waals surface area contributed by atoms with E-state index in [1.807, 2.05) is 0 Å². The fourth-order valence-corrected chi connectivity index (χ4v) is 1.19. The molecule has 0 aromatic rings. The molecule has 14 heavy (non-hydrogen) atoms. The van der Waals surface area contributed by atoms with Gasteiger partial charge in [0, 0.05) is 6.54 Å². The van der Waals surface area contributed by atoms with Gasteiger partial charge in [0.05, 0.1) is 6.61 Å². The maximum absolute atomic E-state index is 5.29. The Morgan fingerprint density at radius 2 is 1.86 bits per heavy atom. The van der Waals surface area contributed by atoms with E-state index in [0.29, 0.717) is 0 Å². The van der Waals surface area contributed by atoms with Crippen molar-refractivity contribution in [2.75, 3.05) is 33.8 Å². The Hall–Kier alpha value is -0.120. The van der Waals surface area contributed by atoms with Crippen LogP contribution in [0, 0.1) is 0 Å². The second-order valence-corrected chi connectivity index (χ2v) is 3.96. The molecule has 0 aromatic heterocycles. The van der Waals surface area contributed by atoms with E-state index in [1.54, 1.807) is 0 Å². The summed E-state index contributed by atoms with van der Waals surface area (Å²) in [4.78, 5) is 7.50. The number of nitrogens with one attached hydrogen (secondary N) is 1. The van der Waals surface area contributed by atoms with Gasteiger partial charge in [0.2, 0.25) is 0 Å². The maximum atomic E-state index is 5.29. The average Bonchev–Trinajstić information content (AvgIpc) is 2.15. The summed E-state index contributed by atoms with van der Waals surface area (Å²) in [5, 5.41) is 0. The molecule has 0 atom stereocenters. The lowest BCUT2D eigenvalue weighted by atomic mass is 10.3. The molecule has 3 heteroatoms. The van der Waals surface area contributed by atoms with Crippen molar-refractivity contribution < 1.29 is 4.84 Å². The summed E-state index contributed by atoms with van der Waals surface area (Å²) >= 11 is 0. The molecule has 86 valence electrons. The lowest BCUT2D eigenvalue weighted by molar-refractivity contribution is 0.0373. The minimum Gasteiger partial charge on any atom is -0.309 e. The third-order valence-corrected chi connectivity index (χ3v) is 2.09. The zero-order chi connectivity index (χ0) is 10.6. The molecule has 0 radical (unpaired) electrons. The van der Waals surface area contributed by atoms with Crippen molar-refractivity contribution in [2.45, 2.75) is 39.0 Å². The first kappa shape index (κ1) is 13.9. The molecule has 0 rings (SSSR count). The zero-order valence-electron chi connectivity index (χ0n) is 10.0. The molecule has 0 aromatic carbocycles. The predicted molar refractivity (Wildman–Crippen MR) is 61.3 cm³/mol. The summed E-state index contributed by atoms with van der Waals surface area (Å²) in [6.45, 7) is 5.18. The van der Waals surface area contributed by atoms with Crippen LogP contribution in [0.4, 0.5) is 0 Å². The second kappa shape index (κ2) is 11.0. The molecule has 0 aliphatic rings. The van der Waals surface area contributed by atoms with Gasteiger partial charge in [-0.1, -0.05) is 19.8 Å². The molecule has 0 aliphatic carbocycles. The van der Waals surface area contributed by atoms with Gasteiger partial charge < -0.3 is 9.74 Å².